The fourth-order valence-electron chi connectivity index (χ4n) is 3.58. The Kier molecular flexibility index (Phi) is 8.15. The van der Waals surface area contributed by atoms with E-state index in [0.717, 1.165) is 31.6 Å². The van der Waals surface area contributed by atoms with Crippen LogP contribution < -0.4 is 30.3 Å². The summed E-state index contributed by atoms with van der Waals surface area (Å²) in [6, 6.07) is 10.0. The van der Waals surface area contributed by atoms with Crippen molar-refractivity contribution >= 4 is 29.0 Å². The number of hydrogen-bond acceptors (Lipinski definition) is 6. The van der Waals surface area contributed by atoms with Crippen LogP contribution in [0.5, 0.6) is 11.5 Å². The molecule has 0 saturated carbocycles. The summed E-state index contributed by atoms with van der Waals surface area (Å²) in [5, 5.41) is 8.42. The van der Waals surface area contributed by atoms with Crippen molar-refractivity contribution < 1.29 is 23.8 Å². The Balaban J connectivity index is 1.76. The van der Waals surface area contributed by atoms with Gasteiger partial charge >= 0.3 is 6.03 Å². The van der Waals surface area contributed by atoms with Gasteiger partial charge in [-0.3, -0.25) is 4.79 Å². The van der Waals surface area contributed by atoms with Crippen LogP contribution in [0.2, 0.25) is 0 Å². The highest BCUT2D eigenvalue weighted by Crippen LogP contribution is 2.30. The highest BCUT2D eigenvalue weighted by molar-refractivity contribution is 6.04. The lowest BCUT2D eigenvalue weighted by molar-refractivity contribution is 0.0937. The minimum absolute atomic E-state index is 0.204. The Morgan fingerprint density at radius 1 is 0.969 bits per heavy atom. The molecule has 9 nitrogen and oxygen atoms in total. The number of hydrogen-bond donors (Lipinski definition) is 3. The van der Waals surface area contributed by atoms with E-state index in [1.54, 1.807) is 44.6 Å². The monoisotopic (exact) mass is 442 g/mol. The van der Waals surface area contributed by atoms with Crippen molar-refractivity contribution in [2.24, 2.45) is 0 Å². The van der Waals surface area contributed by atoms with Crippen LogP contribution in [0.25, 0.3) is 0 Å². The molecule has 2 aromatic rings. The van der Waals surface area contributed by atoms with Gasteiger partial charge < -0.3 is 35.1 Å². The zero-order chi connectivity index (χ0) is 22.9. The van der Waals surface area contributed by atoms with Gasteiger partial charge in [-0.15, -0.1) is 0 Å². The maximum absolute atomic E-state index is 12.8. The van der Waals surface area contributed by atoms with Crippen molar-refractivity contribution in [3.8, 4) is 11.5 Å². The van der Waals surface area contributed by atoms with Crippen LogP contribution in [-0.4, -0.2) is 59.5 Å². The molecule has 0 aliphatic carbocycles. The normalized spacial score (nSPS) is 12.9. The van der Waals surface area contributed by atoms with Crippen LogP contribution >= 0.6 is 0 Å². The summed E-state index contributed by atoms with van der Waals surface area (Å²) in [7, 11) is 4.66. The van der Waals surface area contributed by atoms with Crippen LogP contribution in [0.1, 0.15) is 23.2 Å². The molecule has 3 N–H and O–H groups in total. The number of benzene rings is 2. The van der Waals surface area contributed by atoms with Gasteiger partial charge in [0.2, 0.25) is 0 Å². The van der Waals surface area contributed by atoms with E-state index < -0.39 is 6.03 Å². The van der Waals surface area contributed by atoms with E-state index in [0.29, 0.717) is 41.6 Å². The van der Waals surface area contributed by atoms with Crippen LogP contribution in [-0.2, 0) is 4.74 Å². The first-order valence-corrected chi connectivity index (χ1v) is 10.5. The predicted molar refractivity (Wildman–Crippen MR) is 124 cm³/mol. The van der Waals surface area contributed by atoms with Gasteiger partial charge in [0.1, 0.15) is 11.5 Å². The van der Waals surface area contributed by atoms with Crippen LogP contribution in [0.15, 0.2) is 36.4 Å². The van der Waals surface area contributed by atoms with Crippen molar-refractivity contribution in [1.82, 2.24) is 5.32 Å². The van der Waals surface area contributed by atoms with E-state index in [2.05, 4.69) is 20.9 Å². The second-order valence-corrected chi connectivity index (χ2v) is 7.32. The molecular formula is C23H30N4O5. The summed E-state index contributed by atoms with van der Waals surface area (Å²) >= 11 is 0. The average Bonchev–Trinajstić information content (AvgIpc) is 3.34. The highest BCUT2D eigenvalue weighted by Gasteiger charge is 2.20. The quantitative estimate of drug-likeness (QED) is 0.515. The minimum Gasteiger partial charge on any atom is -0.497 e. The summed E-state index contributed by atoms with van der Waals surface area (Å²) in [6.45, 7) is 2.64. The van der Waals surface area contributed by atoms with E-state index >= 15 is 0 Å². The Morgan fingerprint density at radius 3 is 2.44 bits per heavy atom. The second kappa shape index (κ2) is 11.2. The molecular weight excluding hydrogens is 412 g/mol. The molecule has 3 amide bonds. The topological polar surface area (TPSA) is 101 Å². The summed E-state index contributed by atoms with van der Waals surface area (Å²) < 4.78 is 15.5. The number of nitrogens with zero attached hydrogens (tertiary/aromatic N) is 1. The van der Waals surface area contributed by atoms with Gasteiger partial charge in [-0.2, -0.15) is 0 Å². The van der Waals surface area contributed by atoms with Gasteiger partial charge in [0.25, 0.3) is 5.91 Å². The molecule has 1 heterocycles. The first-order valence-electron chi connectivity index (χ1n) is 10.5. The molecule has 0 spiro atoms. The fraction of sp³-hybridized carbons (Fsp3) is 0.391. The molecule has 1 aliphatic heterocycles. The number of anilines is 3. The van der Waals surface area contributed by atoms with Crippen LogP contribution in [0.4, 0.5) is 21.9 Å². The molecule has 9 heteroatoms. The molecule has 1 fully saturated rings. The van der Waals surface area contributed by atoms with Gasteiger partial charge in [0.15, 0.2) is 0 Å². The zero-order valence-corrected chi connectivity index (χ0v) is 18.7. The van der Waals surface area contributed by atoms with Gasteiger partial charge in [0.05, 0.1) is 32.1 Å². The summed E-state index contributed by atoms with van der Waals surface area (Å²) in [5.41, 5.74) is 2.38. The Labute approximate surface area is 188 Å². The Hall–Kier alpha value is -3.46. The molecule has 0 atom stereocenters. The molecule has 32 heavy (non-hydrogen) atoms. The number of nitrogens with one attached hydrogen (secondary N) is 3. The zero-order valence-electron chi connectivity index (χ0n) is 18.7. The van der Waals surface area contributed by atoms with Crippen molar-refractivity contribution in [2.45, 2.75) is 12.8 Å². The number of urea groups is 1. The predicted octanol–water partition coefficient (Wildman–Crippen LogP) is 3.32. The molecule has 1 saturated heterocycles. The third kappa shape index (κ3) is 5.82. The molecule has 0 bridgehead atoms. The standard InChI is InChI=1S/C23H30N4O5/c1-30-13-10-24-22(28)18-14-16(6-9-20(18)27-11-4-5-12-27)25-23(29)26-19-8-7-17(31-2)15-21(19)32-3/h6-9,14-15H,4-5,10-13H2,1-3H3,(H,24,28)(H2,25,26,29). The Bertz CT molecular complexity index is 944. The highest BCUT2D eigenvalue weighted by atomic mass is 16.5. The summed E-state index contributed by atoms with van der Waals surface area (Å²) in [5.74, 6) is 0.890. The maximum atomic E-state index is 12.8. The molecule has 0 radical (unpaired) electrons. The van der Waals surface area contributed by atoms with Crippen molar-refractivity contribution in [1.29, 1.82) is 0 Å². The lowest BCUT2D eigenvalue weighted by Gasteiger charge is -2.22. The summed E-state index contributed by atoms with van der Waals surface area (Å²) in [4.78, 5) is 27.6. The minimum atomic E-state index is -0.451. The average molecular weight is 443 g/mol. The van der Waals surface area contributed by atoms with E-state index in [9.17, 15) is 9.59 Å². The first-order chi connectivity index (χ1) is 15.5. The van der Waals surface area contributed by atoms with Crippen molar-refractivity contribution in [3.63, 3.8) is 0 Å². The maximum Gasteiger partial charge on any atom is 0.323 e. The summed E-state index contributed by atoms with van der Waals surface area (Å²) in [6.07, 6.45) is 2.19. The third-order valence-corrected chi connectivity index (χ3v) is 5.19. The Morgan fingerprint density at radius 2 is 1.75 bits per heavy atom. The number of ether oxygens (including phenoxy) is 3. The molecule has 3 rings (SSSR count). The second-order valence-electron chi connectivity index (χ2n) is 7.32. The lowest BCUT2D eigenvalue weighted by Crippen LogP contribution is -2.30. The van der Waals surface area contributed by atoms with E-state index in [-0.39, 0.29) is 5.91 Å². The van der Waals surface area contributed by atoms with E-state index in [1.807, 2.05) is 6.07 Å². The van der Waals surface area contributed by atoms with E-state index in [1.165, 1.54) is 7.11 Å². The molecule has 172 valence electrons. The number of rotatable bonds is 9. The SMILES string of the molecule is COCCNC(=O)c1cc(NC(=O)Nc2ccc(OC)cc2OC)ccc1N1CCCC1. The molecule has 1 aliphatic rings. The number of carbonyl (C=O) groups excluding carboxylic acids is 2. The van der Waals surface area contributed by atoms with Gasteiger partial charge in [-0.1, -0.05) is 0 Å². The largest absolute Gasteiger partial charge is 0.497 e. The number of carbonyl (C=O) groups is 2. The smallest absolute Gasteiger partial charge is 0.323 e. The first kappa shape index (κ1) is 23.2. The number of amides is 3. The number of methoxy groups -OCH3 is 3. The van der Waals surface area contributed by atoms with Crippen LogP contribution in [0.3, 0.4) is 0 Å². The van der Waals surface area contributed by atoms with E-state index in [4.69, 9.17) is 14.2 Å². The van der Waals surface area contributed by atoms with Gasteiger partial charge in [-0.25, -0.2) is 4.79 Å². The van der Waals surface area contributed by atoms with Gasteiger partial charge in [-0.05, 0) is 43.2 Å². The van der Waals surface area contributed by atoms with Gasteiger partial charge in [0, 0.05) is 44.2 Å². The third-order valence-electron chi connectivity index (χ3n) is 5.19. The van der Waals surface area contributed by atoms with Crippen LogP contribution in [0, 0.1) is 0 Å². The molecule has 0 unspecified atom stereocenters. The molecule has 0 aromatic heterocycles. The fourth-order valence-corrected chi connectivity index (χ4v) is 3.58. The molecule has 2 aromatic carbocycles. The lowest BCUT2D eigenvalue weighted by atomic mass is 10.1. The van der Waals surface area contributed by atoms with Crippen molar-refractivity contribution in [2.75, 3.05) is 63.1 Å². The van der Waals surface area contributed by atoms with Crippen molar-refractivity contribution in [3.05, 3.63) is 42.0 Å².